The summed E-state index contributed by atoms with van der Waals surface area (Å²) in [6.07, 6.45) is 2.57. The molecule has 0 radical (unpaired) electrons. The van der Waals surface area contributed by atoms with Gasteiger partial charge in [0, 0.05) is 19.1 Å². The molecule has 0 amide bonds. The highest BCUT2D eigenvalue weighted by molar-refractivity contribution is 7.89. The Morgan fingerprint density at radius 3 is 2.70 bits per heavy atom. The molecule has 1 aromatic carbocycles. The Balaban J connectivity index is 2.32. The van der Waals surface area contributed by atoms with Gasteiger partial charge in [-0.3, -0.25) is 0 Å². The van der Waals surface area contributed by atoms with Crippen LogP contribution in [0.15, 0.2) is 29.2 Å². The fourth-order valence-electron chi connectivity index (χ4n) is 2.79. The Labute approximate surface area is 119 Å². The van der Waals surface area contributed by atoms with Gasteiger partial charge in [0.2, 0.25) is 10.0 Å². The van der Waals surface area contributed by atoms with E-state index >= 15 is 0 Å². The number of piperidine rings is 1. The van der Waals surface area contributed by atoms with Crippen molar-refractivity contribution in [1.82, 2.24) is 4.31 Å². The number of nitrogens with two attached hydrogens (primary N) is 1. The van der Waals surface area contributed by atoms with Gasteiger partial charge in [-0.25, -0.2) is 12.8 Å². The van der Waals surface area contributed by atoms with Crippen LogP contribution in [0.25, 0.3) is 0 Å². The molecule has 0 aliphatic carbocycles. The number of sulfonamides is 1. The summed E-state index contributed by atoms with van der Waals surface area (Å²) in [4.78, 5) is -0.256. The van der Waals surface area contributed by atoms with E-state index in [0.29, 0.717) is 12.5 Å². The fraction of sp³-hybridized carbons (Fsp3) is 0.571. The highest BCUT2D eigenvalue weighted by Crippen LogP contribution is 2.30. The van der Waals surface area contributed by atoms with Crippen molar-refractivity contribution >= 4 is 10.0 Å². The SMILES string of the molecule is CCC1CCN(S(=O)(=O)c2ccccc2F)C(CN)C1. The minimum absolute atomic E-state index is 0.238. The van der Waals surface area contributed by atoms with Crippen LogP contribution in [-0.2, 0) is 10.0 Å². The summed E-state index contributed by atoms with van der Waals surface area (Å²) in [5.41, 5.74) is 5.72. The van der Waals surface area contributed by atoms with E-state index in [1.54, 1.807) is 0 Å². The van der Waals surface area contributed by atoms with Gasteiger partial charge in [0.25, 0.3) is 0 Å². The van der Waals surface area contributed by atoms with E-state index in [9.17, 15) is 12.8 Å². The number of hydrogen-bond donors (Lipinski definition) is 1. The van der Waals surface area contributed by atoms with Crippen LogP contribution >= 0.6 is 0 Å². The summed E-state index contributed by atoms with van der Waals surface area (Å²) < 4.78 is 40.4. The Kier molecular flexibility index (Phi) is 4.78. The van der Waals surface area contributed by atoms with Gasteiger partial charge in [-0.05, 0) is 30.9 Å². The Hall–Kier alpha value is -0.980. The number of rotatable bonds is 4. The van der Waals surface area contributed by atoms with Crippen molar-refractivity contribution in [2.24, 2.45) is 11.7 Å². The molecule has 20 heavy (non-hydrogen) atoms. The van der Waals surface area contributed by atoms with E-state index in [4.69, 9.17) is 5.73 Å². The predicted octanol–water partition coefficient (Wildman–Crippen LogP) is 1.96. The first-order valence-corrected chi connectivity index (χ1v) is 8.41. The average molecular weight is 300 g/mol. The lowest BCUT2D eigenvalue weighted by Crippen LogP contribution is -2.49. The molecule has 2 N–H and O–H groups in total. The average Bonchev–Trinajstić information content (AvgIpc) is 2.46. The molecule has 1 aliphatic heterocycles. The van der Waals surface area contributed by atoms with Gasteiger partial charge in [-0.2, -0.15) is 4.31 Å². The van der Waals surface area contributed by atoms with E-state index < -0.39 is 15.8 Å². The summed E-state index contributed by atoms with van der Waals surface area (Å²) in [6.45, 7) is 2.78. The van der Waals surface area contributed by atoms with E-state index in [1.807, 2.05) is 0 Å². The van der Waals surface area contributed by atoms with Crippen molar-refractivity contribution in [1.29, 1.82) is 0 Å². The maximum absolute atomic E-state index is 13.8. The molecule has 1 heterocycles. The molecule has 0 spiro atoms. The van der Waals surface area contributed by atoms with Crippen LogP contribution < -0.4 is 5.73 Å². The molecule has 1 aromatic rings. The quantitative estimate of drug-likeness (QED) is 0.924. The number of hydrogen-bond acceptors (Lipinski definition) is 3. The van der Waals surface area contributed by atoms with Crippen molar-refractivity contribution < 1.29 is 12.8 Å². The van der Waals surface area contributed by atoms with Crippen LogP contribution in [0.5, 0.6) is 0 Å². The first-order chi connectivity index (χ1) is 9.50. The molecule has 0 saturated carbocycles. The van der Waals surface area contributed by atoms with Crippen LogP contribution in [-0.4, -0.2) is 31.9 Å². The zero-order valence-corrected chi connectivity index (χ0v) is 12.4. The number of benzene rings is 1. The largest absolute Gasteiger partial charge is 0.329 e. The molecule has 4 nitrogen and oxygen atoms in total. The van der Waals surface area contributed by atoms with Crippen LogP contribution in [0.2, 0.25) is 0 Å². The molecule has 2 rings (SSSR count). The molecule has 2 unspecified atom stereocenters. The number of halogens is 1. The van der Waals surface area contributed by atoms with Crippen LogP contribution in [0, 0.1) is 11.7 Å². The molecule has 2 atom stereocenters. The van der Waals surface area contributed by atoms with Crippen molar-refractivity contribution in [2.45, 2.75) is 37.1 Å². The monoisotopic (exact) mass is 300 g/mol. The predicted molar refractivity (Wildman–Crippen MR) is 76.1 cm³/mol. The molecular weight excluding hydrogens is 279 g/mol. The van der Waals surface area contributed by atoms with Crippen molar-refractivity contribution in [2.75, 3.05) is 13.1 Å². The highest BCUT2D eigenvalue weighted by Gasteiger charge is 2.36. The summed E-state index contributed by atoms with van der Waals surface area (Å²) in [5.74, 6) is -0.212. The van der Waals surface area contributed by atoms with Gasteiger partial charge in [0.05, 0.1) is 0 Å². The van der Waals surface area contributed by atoms with Crippen LogP contribution in [0.4, 0.5) is 4.39 Å². The summed E-state index contributed by atoms with van der Waals surface area (Å²) in [7, 11) is -3.81. The minimum Gasteiger partial charge on any atom is -0.329 e. The van der Waals surface area contributed by atoms with E-state index in [2.05, 4.69) is 6.92 Å². The van der Waals surface area contributed by atoms with E-state index in [0.717, 1.165) is 19.3 Å². The molecule has 1 fully saturated rings. The number of nitrogens with zero attached hydrogens (tertiary/aromatic N) is 1. The van der Waals surface area contributed by atoms with Crippen LogP contribution in [0.3, 0.4) is 0 Å². The third-order valence-corrected chi connectivity index (χ3v) is 6.03. The van der Waals surface area contributed by atoms with Gasteiger partial charge in [0.1, 0.15) is 10.7 Å². The van der Waals surface area contributed by atoms with Gasteiger partial charge in [-0.1, -0.05) is 25.5 Å². The van der Waals surface area contributed by atoms with Crippen molar-refractivity contribution in [3.8, 4) is 0 Å². The Morgan fingerprint density at radius 1 is 1.40 bits per heavy atom. The Bertz CT molecular complexity index is 562. The molecule has 1 aliphatic rings. The molecular formula is C14H21FN2O2S. The van der Waals surface area contributed by atoms with Crippen LogP contribution in [0.1, 0.15) is 26.2 Å². The normalized spacial score (nSPS) is 24.8. The zero-order valence-electron chi connectivity index (χ0n) is 11.6. The van der Waals surface area contributed by atoms with Gasteiger partial charge in [-0.15, -0.1) is 0 Å². The van der Waals surface area contributed by atoms with Crippen molar-refractivity contribution in [3.63, 3.8) is 0 Å². The molecule has 1 saturated heterocycles. The smallest absolute Gasteiger partial charge is 0.246 e. The molecule has 112 valence electrons. The first kappa shape index (κ1) is 15.4. The highest BCUT2D eigenvalue weighted by atomic mass is 32.2. The van der Waals surface area contributed by atoms with Crippen molar-refractivity contribution in [3.05, 3.63) is 30.1 Å². The fourth-order valence-corrected chi connectivity index (χ4v) is 4.52. The zero-order chi connectivity index (χ0) is 14.8. The maximum atomic E-state index is 13.8. The third kappa shape index (κ3) is 2.87. The lowest BCUT2D eigenvalue weighted by molar-refractivity contribution is 0.197. The first-order valence-electron chi connectivity index (χ1n) is 6.97. The third-order valence-electron chi connectivity index (χ3n) is 4.04. The minimum atomic E-state index is -3.81. The lowest BCUT2D eigenvalue weighted by atomic mass is 9.90. The second-order valence-electron chi connectivity index (χ2n) is 5.23. The maximum Gasteiger partial charge on any atom is 0.246 e. The van der Waals surface area contributed by atoms with Gasteiger partial charge < -0.3 is 5.73 Å². The molecule has 0 bridgehead atoms. The lowest BCUT2D eigenvalue weighted by Gasteiger charge is -2.37. The summed E-state index contributed by atoms with van der Waals surface area (Å²) in [5, 5.41) is 0. The van der Waals surface area contributed by atoms with Gasteiger partial charge >= 0.3 is 0 Å². The topological polar surface area (TPSA) is 63.4 Å². The molecule has 6 heteroatoms. The van der Waals surface area contributed by atoms with Gasteiger partial charge in [0.15, 0.2) is 0 Å². The second-order valence-corrected chi connectivity index (χ2v) is 7.09. The Morgan fingerprint density at radius 2 is 2.10 bits per heavy atom. The second kappa shape index (κ2) is 6.20. The molecule has 0 aromatic heterocycles. The standard InChI is InChI=1S/C14H21FN2O2S/c1-2-11-7-8-17(12(9-11)10-16)20(18,19)14-6-4-3-5-13(14)15/h3-6,11-12H,2,7-10,16H2,1H3. The summed E-state index contributed by atoms with van der Waals surface area (Å²) in [6, 6.07) is 5.26. The van der Waals surface area contributed by atoms with E-state index in [-0.39, 0.29) is 17.5 Å². The van der Waals surface area contributed by atoms with E-state index in [1.165, 1.54) is 28.6 Å². The summed E-state index contributed by atoms with van der Waals surface area (Å²) >= 11 is 0.